The van der Waals surface area contributed by atoms with Gasteiger partial charge in [0.15, 0.2) is 11.5 Å². The zero-order chi connectivity index (χ0) is 24.5. The molecule has 11 heteroatoms. The highest BCUT2D eigenvalue weighted by Crippen LogP contribution is 2.36. The van der Waals surface area contributed by atoms with Crippen LogP contribution in [0.1, 0.15) is 29.8 Å². The Morgan fingerprint density at radius 3 is 2.59 bits per heavy atom. The molecule has 1 unspecified atom stereocenters. The molecular weight excluding hydrogens is 461 g/mol. The molecule has 0 saturated carbocycles. The fourth-order valence-electron chi connectivity index (χ4n) is 3.78. The molecule has 1 aliphatic rings. The molecule has 0 bridgehead atoms. The Labute approximate surface area is 192 Å². The summed E-state index contributed by atoms with van der Waals surface area (Å²) in [7, 11) is 1.48. The van der Waals surface area contributed by atoms with Crippen LogP contribution in [0.5, 0.6) is 11.5 Å². The Morgan fingerprint density at radius 1 is 1.12 bits per heavy atom. The maximum atomic E-state index is 14.4. The van der Waals surface area contributed by atoms with E-state index >= 15 is 0 Å². The lowest BCUT2D eigenvalue weighted by Gasteiger charge is -2.17. The van der Waals surface area contributed by atoms with Gasteiger partial charge in [0.25, 0.3) is 0 Å². The van der Waals surface area contributed by atoms with Crippen molar-refractivity contribution in [1.29, 1.82) is 0 Å². The van der Waals surface area contributed by atoms with Gasteiger partial charge in [0, 0.05) is 30.2 Å². The quantitative estimate of drug-likeness (QED) is 0.453. The number of fused-ring (bicyclic) bond motifs is 1. The van der Waals surface area contributed by atoms with E-state index in [2.05, 4.69) is 15.3 Å². The molecule has 0 aliphatic carbocycles. The number of aromatic nitrogens is 2. The van der Waals surface area contributed by atoms with Gasteiger partial charge in [0.05, 0.1) is 24.3 Å². The van der Waals surface area contributed by atoms with Gasteiger partial charge in [0.1, 0.15) is 29.9 Å². The number of alkyl halides is 3. The van der Waals surface area contributed by atoms with Crippen LogP contribution in [0.3, 0.4) is 0 Å². The molecule has 1 N–H and O–H groups in total. The molecule has 2 heterocycles. The normalized spacial score (nSPS) is 16.1. The first-order valence-electron chi connectivity index (χ1n) is 10.6. The number of rotatable bonds is 7. The molecule has 1 fully saturated rings. The Kier molecular flexibility index (Phi) is 6.74. The van der Waals surface area contributed by atoms with Crippen LogP contribution in [-0.4, -0.2) is 36.4 Å². The smallest absolute Gasteiger partial charge is 0.419 e. The van der Waals surface area contributed by atoms with E-state index in [9.17, 15) is 22.0 Å². The topological polar surface area (TPSA) is 65.5 Å². The van der Waals surface area contributed by atoms with Crippen LogP contribution in [-0.2, 0) is 17.5 Å². The van der Waals surface area contributed by atoms with Gasteiger partial charge < -0.3 is 19.5 Å². The van der Waals surface area contributed by atoms with Gasteiger partial charge in [0.2, 0.25) is 0 Å². The minimum Gasteiger partial charge on any atom is -0.493 e. The standard InChI is InChI=1S/C23H22F5N3O3/c1-12-30-18-9-19(32-2)20(34-11-15-4-3-5-33-15)8-16(18)22(31-12)29-10-13-6-14(24)7-17(21(13)25)23(26,27)28/h6-9,15H,3-5,10-11H2,1-2H3,(H,29,30,31). The fourth-order valence-corrected chi connectivity index (χ4v) is 3.78. The van der Waals surface area contributed by atoms with E-state index in [-0.39, 0.29) is 18.0 Å². The van der Waals surface area contributed by atoms with Crippen molar-refractivity contribution in [3.63, 3.8) is 0 Å². The summed E-state index contributed by atoms with van der Waals surface area (Å²) in [5.41, 5.74) is -1.67. The third-order valence-electron chi connectivity index (χ3n) is 5.41. The monoisotopic (exact) mass is 483 g/mol. The summed E-state index contributed by atoms with van der Waals surface area (Å²) in [5.74, 6) is -1.31. The molecule has 1 aliphatic heterocycles. The maximum absolute atomic E-state index is 14.4. The van der Waals surface area contributed by atoms with Gasteiger partial charge in [-0.15, -0.1) is 0 Å². The van der Waals surface area contributed by atoms with Crippen molar-refractivity contribution >= 4 is 16.7 Å². The van der Waals surface area contributed by atoms with Crippen molar-refractivity contribution in [1.82, 2.24) is 9.97 Å². The predicted octanol–water partition coefficient (Wildman–Crippen LogP) is 5.41. The van der Waals surface area contributed by atoms with Gasteiger partial charge in [-0.05, 0) is 38.0 Å². The summed E-state index contributed by atoms with van der Waals surface area (Å²) in [4.78, 5) is 8.65. The van der Waals surface area contributed by atoms with E-state index in [1.807, 2.05) is 0 Å². The summed E-state index contributed by atoms with van der Waals surface area (Å²) < 4.78 is 84.2. The van der Waals surface area contributed by atoms with Gasteiger partial charge in [-0.2, -0.15) is 13.2 Å². The summed E-state index contributed by atoms with van der Waals surface area (Å²) >= 11 is 0. The summed E-state index contributed by atoms with van der Waals surface area (Å²) in [6, 6.07) is 4.12. The first-order valence-corrected chi connectivity index (χ1v) is 10.6. The highest BCUT2D eigenvalue weighted by Gasteiger charge is 2.35. The van der Waals surface area contributed by atoms with Crippen molar-refractivity contribution in [3.05, 3.63) is 52.9 Å². The van der Waals surface area contributed by atoms with Gasteiger partial charge in [-0.3, -0.25) is 0 Å². The predicted molar refractivity (Wildman–Crippen MR) is 114 cm³/mol. The average molecular weight is 483 g/mol. The Morgan fingerprint density at radius 2 is 1.91 bits per heavy atom. The summed E-state index contributed by atoms with van der Waals surface area (Å²) in [6.07, 6.45) is -3.22. The van der Waals surface area contributed by atoms with Crippen LogP contribution in [0.15, 0.2) is 24.3 Å². The molecule has 1 atom stereocenters. The van der Waals surface area contributed by atoms with Crippen molar-refractivity contribution in [2.45, 2.75) is 38.6 Å². The molecule has 1 saturated heterocycles. The Bertz CT molecular complexity index is 1200. The number of aryl methyl sites for hydroxylation is 1. The lowest BCUT2D eigenvalue weighted by molar-refractivity contribution is -0.140. The number of hydrogen-bond acceptors (Lipinski definition) is 6. The largest absolute Gasteiger partial charge is 0.493 e. The second-order valence-corrected chi connectivity index (χ2v) is 7.86. The van der Waals surface area contributed by atoms with Crippen molar-refractivity contribution in [2.75, 3.05) is 25.6 Å². The third-order valence-corrected chi connectivity index (χ3v) is 5.41. The molecule has 182 valence electrons. The van der Waals surface area contributed by atoms with Crippen LogP contribution >= 0.6 is 0 Å². The second-order valence-electron chi connectivity index (χ2n) is 7.86. The van der Waals surface area contributed by atoms with E-state index in [0.29, 0.717) is 47.5 Å². The van der Waals surface area contributed by atoms with Crippen LogP contribution in [0.4, 0.5) is 27.8 Å². The molecule has 1 aromatic heterocycles. The summed E-state index contributed by atoms with van der Waals surface area (Å²) in [6.45, 7) is 2.18. The number of anilines is 1. The Hall–Kier alpha value is -3.21. The van der Waals surface area contributed by atoms with Crippen LogP contribution in [0, 0.1) is 18.6 Å². The van der Waals surface area contributed by atoms with Crippen molar-refractivity contribution < 1.29 is 36.2 Å². The zero-order valence-corrected chi connectivity index (χ0v) is 18.4. The minimum atomic E-state index is -5.02. The fraction of sp³-hybridized carbons (Fsp3) is 0.391. The molecular formula is C23H22F5N3O3. The number of methoxy groups -OCH3 is 1. The number of benzene rings is 2. The Balaban J connectivity index is 1.66. The molecule has 3 aromatic rings. The van der Waals surface area contributed by atoms with E-state index in [4.69, 9.17) is 14.2 Å². The van der Waals surface area contributed by atoms with Crippen LogP contribution in [0.25, 0.3) is 10.9 Å². The average Bonchev–Trinajstić information content (AvgIpc) is 3.30. The number of nitrogens with zero attached hydrogens (tertiary/aromatic N) is 2. The van der Waals surface area contributed by atoms with E-state index in [1.54, 1.807) is 19.1 Å². The molecule has 0 spiro atoms. The van der Waals surface area contributed by atoms with Crippen LogP contribution < -0.4 is 14.8 Å². The first kappa shape index (κ1) is 23.9. The second kappa shape index (κ2) is 9.57. The number of hydrogen-bond donors (Lipinski definition) is 1. The molecule has 4 rings (SSSR count). The third kappa shape index (κ3) is 5.14. The lowest BCUT2D eigenvalue weighted by Crippen LogP contribution is -2.16. The molecule has 6 nitrogen and oxygen atoms in total. The van der Waals surface area contributed by atoms with Crippen molar-refractivity contribution in [2.24, 2.45) is 0 Å². The number of nitrogens with one attached hydrogen (secondary N) is 1. The molecule has 34 heavy (non-hydrogen) atoms. The minimum absolute atomic E-state index is 0.0361. The van der Waals surface area contributed by atoms with Crippen molar-refractivity contribution in [3.8, 4) is 11.5 Å². The molecule has 2 aromatic carbocycles. The highest BCUT2D eigenvalue weighted by molar-refractivity contribution is 5.91. The van der Waals surface area contributed by atoms with Crippen LogP contribution in [0.2, 0.25) is 0 Å². The SMILES string of the molecule is COc1cc2nc(C)nc(NCc3cc(F)cc(C(F)(F)F)c3F)c2cc1OCC1CCCO1. The number of ether oxygens (including phenoxy) is 3. The van der Waals surface area contributed by atoms with Gasteiger partial charge >= 0.3 is 6.18 Å². The lowest BCUT2D eigenvalue weighted by atomic mass is 10.1. The maximum Gasteiger partial charge on any atom is 0.419 e. The van der Waals surface area contributed by atoms with Gasteiger partial charge in [-0.1, -0.05) is 0 Å². The highest BCUT2D eigenvalue weighted by atomic mass is 19.4. The van der Waals surface area contributed by atoms with E-state index in [1.165, 1.54) is 7.11 Å². The first-order chi connectivity index (χ1) is 16.2. The zero-order valence-electron chi connectivity index (χ0n) is 18.4. The summed E-state index contributed by atoms with van der Waals surface area (Å²) in [5, 5.41) is 3.28. The number of halogens is 5. The molecule has 0 radical (unpaired) electrons. The van der Waals surface area contributed by atoms with E-state index in [0.717, 1.165) is 12.8 Å². The van der Waals surface area contributed by atoms with E-state index < -0.39 is 35.5 Å². The van der Waals surface area contributed by atoms with Gasteiger partial charge in [-0.25, -0.2) is 18.7 Å². The molecule has 0 amide bonds.